The molecular weight excluding hydrogens is 422 g/mol. The number of piperidine rings is 1. The van der Waals surface area contributed by atoms with Crippen molar-refractivity contribution in [2.75, 3.05) is 44.3 Å². The van der Waals surface area contributed by atoms with Gasteiger partial charge in [0.05, 0.1) is 12.3 Å². The number of nitrogens with zero attached hydrogens (tertiary/aromatic N) is 2. The molecule has 33 heavy (non-hydrogen) atoms. The second kappa shape index (κ2) is 11.2. The predicted octanol–water partition coefficient (Wildman–Crippen LogP) is 5.36. The van der Waals surface area contributed by atoms with Gasteiger partial charge < -0.3 is 14.5 Å². The fraction of sp³-hybridized carbons (Fsp3) is 0.519. The maximum atomic E-state index is 14.3. The number of carbonyl (C=O) groups is 1. The molecule has 178 valence electrons. The lowest BCUT2D eigenvalue weighted by atomic mass is 9.87. The molecule has 1 fully saturated rings. The third-order valence-corrected chi connectivity index (χ3v) is 6.91. The Hall–Kier alpha value is -2.31. The molecule has 0 aliphatic carbocycles. The summed E-state index contributed by atoms with van der Waals surface area (Å²) in [6.45, 7) is 6.87. The van der Waals surface area contributed by atoms with E-state index in [2.05, 4.69) is 11.8 Å². The number of likely N-dealkylation sites (tertiary alicyclic amines) is 1. The van der Waals surface area contributed by atoms with E-state index in [1.54, 1.807) is 18.2 Å². The molecule has 2 heterocycles. The molecule has 2 aliphatic rings. The summed E-state index contributed by atoms with van der Waals surface area (Å²) in [5.41, 5.74) is 2.61. The highest BCUT2D eigenvalue weighted by Gasteiger charge is 2.33. The Bertz CT molecular complexity index is 926. The lowest BCUT2D eigenvalue weighted by molar-refractivity contribution is -0.123. The minimum Gasteiger partial charge on any atom is -0.380 e. The van der Waals surface area contributed by atoms with Gasteiger partial charge in [0, 0.05) is 31.5 Å². The average Bonchev–Trinajstić information content (AvgIpc) is 3.02. The summed E-state index contributed by atoms with van der Waals surface area (Å²) in [7, 11) is 0. The van der Waals surface area contributed by atoms with E-state index in [0.717, 1.165) is 76.1 Å². The van der Waals surface area contributed by atoms with Crippen molar-refractivity contribution in [3.05, 3.63) is 65.2 Å². The molecule has 0 N–H and O–H groups in total. The van der Waals surface area contributed by atoms with Crippen molar-refractivity contribution in [2.24, 2.45) is 5.92 Å². The Kier molecular flexibility index (Phi) is 8.10. The van der Waals surface area contributed by atoms with Crippen LogP contribution >= 0.6 is 0 Å². The van der Waals surface area contributed by atoms with Gasteiger partial charge in [0.15, 0.2) is 0 Å². The zero-order valence-corrected chi connectivity index (χ0v) is 19.4. The molecule has 0 spiro atoms. The molecule has 0 bridgehead atoms. The molecule has 2 aliphatic heterocycles. The van der Waals surface area contributed by atoms with Gasteiger partial charge in [-0.3, -0.25) is 4.79 Å². The summed E-state index contributed by atoms with van der Waals surface area (Å²) in [6, 6.07) is 11.3. The fourth-order valence-electron chi connectivity index (χ4n) is 5.11. The molecule has 1 unspecified atom stereocenters. The Morgan fingerprint density at radius 3 is 2.42 bits per heavy atom. The first-order valence-corrected chi connectivity index (χ1v) is 12.2. The minimum atomic E-state index is -0.340. The molecule has 0 saturated carbocycles. The van der Waals surface area contributed by atoms with Crippen LogP contribution in [0.2, 0.25) is 0 Å². The van der Waals surface area contributed by atoms with Gasteiger partial charge in [-0.2, -0.15) is 0 Å². The van der Waals surface area contributed by atoms with E-state index in [1.807, 2.05) is 4.90 Å². The maximum Gasteiger partial charge on any atom is 0.230 e. The Morgan fingerprint density at radius 2 is 1.70 bits per heavy atom. The number of anilines is 1. The number of fused-ring (bicyclic) bond motifs is 1. The van der Waals surface area contributed by atoms with E-state index in [1.165, 1.54) is 24.3 Å². The lowest BCUT2D eigenvalue weighted by Gasteiger charge is -2.34. The van der Waals surface area contributed by atoms with E-state index in [9.17, 15) is 13.6 Å². The highest BCUT2D eigenvalue weighted by atomic mass is 19.1. The van der Waals surface area contributed by atoms with Gasteiger partial charge in [-0.15, -0.1) is 0 Å². The summed E-state index contributed by atoms with van der Waals surface area (Å²) in [5, 5.41) is 0. The molecule has 4 rings (SSSR count). The number of rotatable bonds is 7. The van der Waals surface area contributed by atoms with E-state index < -0.39 is 0 Å². The van der Waals surface area contributed by atoms with Crippen molar-refractivity contribution in [2.45, 2.75) is 44.9 Å². The monoisotopic (exact) mass is 456 g/mol. The zero-order chi connectivity index (χ0) is 23.2. The first kappa shape index (κ1) is 23.8. The molecule has 1 amide bonds. The minimum absolute atomic E-state index is 0.0176. The van der Waals surface area contributed by atoms with Gasteiger partial charge in [-0.1, -0.05) is 25.1 Å². The summed E-state index contributed by atoms with van der Waals surface area (Å²) in [4.78, 5) is 17.8. The fourth-order valence-corrected chi connectivity index (χ4v) is 5.11. The van der Waals surface area contributed by atoms with Gasteiger partial charge in [-0.25, -0.2) is 8.78 Å². The predicted molar refractivity (Wildman–Crippen MR) is 127 cm³/mol. The lowest BCUT2D eigenvalue weighted by Crippen LogP contribution is -2.43. The Morgan fingerprint density at radius 1 is 0.970 bits per heavy atom. The van der Waals surface area contributed by atoms with Crippen molar-refractivity contribution in [1.29, 1.82) is 0 Å². The van der Waals surface area contributed by atoms with E-state index in [4.69, 9.17) is 4.74 Å². The van der Waals surface area contributed by atoms with Crippen LogP contribution in [0.25, 0.3) is 0 Å². The molecular formula is C27H34F2N2O2. The Balaban J connectivity index is 1.48. The quantitative estimate of drug-likeness (QED) is 0.526. The normalized spacial score (nSPS) is 19.8. The summed E-state index contributed by atoms with van der Waals surface area (Å²) < 4.78 is 33.4. The van der Waals surface area contributed by atoms with Crippen LogP contribution in [0.4, 0.5) is 14.5 Å². The third-order valence-electron chi connectivity index (χ3n) is 6.91. The van der Waals surface area contributed by atoms with Crippen molar-refractivity contribution in [3.63, 3.8) is 0 Å². The molecule has 1 atom stereocenters. The summed E-state index contributed by atoms with van der Waals surface area (Å²) in [5.74, 6) is -0.538. The van der Waals surface area contributed by atoms with Crippen LogP contribution in [0.3, 0.4) is 0 Å². The molecule has 6 heteroatoms. The number of halogens is 2. The zero-order valence-electron chi connectivity index (χ0n) is 19.4. The summed E-state index contributed by atoms with van der Waals surface area (Å²) in [6.07, 6.45) is 4.31. The van der Waals surface area contributed by atoms with Gasteiger partial charge in [0.2, 0.25) is 5.91 Å². The molecule has 2 aromatic rings. The number of carbonyl (C=O) groups excluding carboxylic acids is 1. The van der Waals surface area contributed by atoms with Crippen molar-refractivity contribution in [3.8, 4) is 0 Å². The molecule has 1 saturated heterocycles. The van der Waals surface area contributed by atoms with Crippen LogP contribution in [0.15, 0.2) is 42.5 Å². The molecule has 2 aromatic carbocycles. The van der Waals surface area contributed by atoms with Crippen LogP contribution < -0.4 is 4.90 Å². The second-order valence-corrected chi connectivity index (χ2v) is 9.17. The van der Waals surface area contributed by atoms with E-state index >= 15 is 0 Å². The van der Waals surface area contributed by atoms with Crippen molar-refractivity contribution < 1.29 is 18.3 Å². The maximum absolute atomic E-state index is 14.3. The number of hydrogen-bond donors (Lipinski definition) is 0. The number of amides is 1. The van der Waals surface area contributed by atoms with Gasteiger partial charge in [-0.05, 0) is 80.6 Å². The molecule has 0 radical (unpaired) electrons. The highest BCUT2D eigenvalue weighted by molar-refractivity contribution is 5.96. The first-order chi connectivity index (χ1) is 16.1. The van der Waals surface area contributed by atoms with E-state index in [-0.39, 0.29) is 29.4 Å². The highest BCUT2D eigenvalue weighted by Crippen LogP contribution is 2.40. The number of ether oxygens (including phenoxy) is 1. The third kappa shape index (κ3) is 5.79. The van der Waals surface area contributed by atoms with Crippen LogP contribution in [-0.2, 0) is 9.53 Å². The molecule has 0 aromatic heterocycles. The standard InChI is InChI=1S/C27H34F2N2O2/c1-2-17-33-18-16-30-14-11-21(12-15-30)27(32)31-13-3-4-24(20-5-7-22(28)8-6-20)25-10-9-23(29)19-26(25)31/h5-10,19,21,24H,2-4,11-18H2,1H3. The molecule has 4 nitrogen and oxygen atoms in total. The van der Waals surface area contributed by atoms with Crippen LogP contribution in [0, 0.1) is 17.6 Å². The van der Waals surface area contributed by atoms with Gasteiger partial charge in [0.25, 0.3) is 0 Å². The number of benzene rings is 2. The van der Waals surface area contributed by atoms with Crippen LogP contribution in [0.1, 0.15) is 56.1 Å². The van der Waals surface area contributed by atoms with Gasteiger partial charge in [0.1, 0.15) is 11.6 Å². The SMILES string of the molecule is CCCOCCN1CCC(C(=O)N2CCCC(c3ccc(F)cc3)c3ccc(F)cc32)CC1. The topological polar surface area (TPSA) is 32.8 Å². The number of hydrogen-bond acceptors (Lipinski definition) is 3. The largest absolute Gasteiger partial charge is 0.380 e. The van der Waals surface area contributed by atoms with Crippen LogP contribution in [0.5, 0.6) is 0 Å². The van der Waals surface area contributed by atoms with Crippen molar-refractivity contribution >= 4 is 11.6 Å². The van der Waals surface area contributed by atoms with Crippen molar-refractivity contribution in [1.82, 2.24) is 4.90 Å². The van der Waals surface area contributed by atoms with Gasteiger partial charge >= 0.3 is 0 Å². The van der Waals surface area contributed by atoms with E-state index in [0.29, 0.717) is 12.2 Å². The Labute approximate surface area is 195 Å². The smallest absolute Gasteiger partial charge is 0.230 e. The summed E-state index contributed by atoms with van der Waals surface area (Å²) >= 11 is 0. The first-order valence-electron chi connectivity index (χ1n) is 12.2. The average molecular weight is 457 g/mol. The second-order valence-electron chi connectivity index (χ2n) is 9.17. The van der Waals surface area contributed by atoms with Crippen LogP contribution in [-0.4, -0.2) is 50.2 Å².